The summed E-state index contributed by atoms with van der Waals surface area (Å²) >= 11 is 6.40. The van der Waals surface area contributed by atoms with Crippen LogP contribution in [-0.4, -0.2) is 32.9 Å². The van der Waals surface area contributed by atoms with Crippen LogP contribution in [0, 0.1) is 5.82 Å². The largest absolute Gasteiger partial charge is 0.354 e. The van der Waals surface area contributed by atoms with Gasteiger partial charge in [-0.05, 0) is 62.1 Å². The SMILES string of the molecule is CC(=O)NC1CCC(Nc2ncc(Cl)c(-c3ccnc(-c4ccc(F)cc4)c3)n2)CC1. The number of rotatable bonds is 5. The number of hydrogen-bond acceptors (Lipinski definition) is 5. The Balaban J connectivity index is 1.50. The molecule has 0 radical (unpaired) electrons. The molecule has 0 aliphatic heterocycles. The lowest BCUT2D eigenvalue weighted by atomic mass is 9.91. The van der Waals surface area contributed by atoms with Crippen LogP contribution in [0.3, 0.4) is 0 Å². The zero-order valence-electron chi connectivity index (χ0n) is 17.1. The molecule has 0 atom stereocenters. The van der Waals surface area contributed by atoms with Gasteiger partial charge in [0.2, 0.25) is 11.9 Å². The number of carbonyl (C=O) groups excluding carboxylic acids is 1. The minimum Gasteiger partial charge on any atom is -0.354 e. The standard InChI is InChI=1S/C23H23ClFN5O/c1-14(31)28-18-6-8-19(9-7-18)29-23-27-13-20(24)22(30-23)16-10-11-26-21(12-16)15-2-4-17(25)5-3-15/h2-5,10-13,18-19H,6-9H2,1H3,(H,28,31)(H,27,29,30). The highest BCUT2D eigenvalue weighted by Crippen LogP contribution is 2.30. The van der Waals surface area contributed by atoms with Crippen LogP contribution in [0.5, 0.6) is 0 Å². The summed E-state index contributed by atoms with van der Waals surface area (Å²) in [5, 5.41) is 6.82. The van der Waals surface area contributed by atoms with Crippen LogP contribution in [0.4, 0.5) is 10.3 Å². The van der Waals surface area contributed by atoms with E-state index in [4.69, 9.17) is 11.6 Å². The third kappa shape index (κ3) is 5.35. The topological polar surface area (TPSA) is 79.8 Å². The molecule has 1 amide bonds. The van der Waals surface area contributed by atoms with Crippen molar-refractivity contribution in [3.8, 4) is 22.5 Å². The van der Waals surface area contributed by atoms with Gasteiger partial charge in [0.1, 0.15) is 5.82 Å². The quantitative estimate of drug-likeness (QED) is 0.593. The molecule has 2 N–H and O–H groups in total. The molecule has 2 heterocycles. The lowest BCUT2D eigenvalue weighted by Gasteiger charge is -2.29. The van der Waals surface area contributed by atoms with Crippen LogP contribution >= 0.6 is 11.6 Å². The maximum atomic E-state index is 13.2. The van der Waals surface area contributed by atoms with E-state index in [1.54, 1.807) is 31.5 Å². The molecule has 2 aromatic heterocycles. The highest BCUT2D eigenvalue weighted by molar-refractivity contribution is 6.32. The molecule has 6 nitrogen and oxygen atoms in total. The van der Waals surface area contributed by atoms with Crippen molar-refractivity contribution in [1.29, 1.82) is 0 Å². The molecular formula is C23H23ClFN5O. The molecule has 0 unspecified atom stereocenters. The Kier molecular flexibility index (Phi) is 6.42. The van der Waals surface area contributed by atoms with Gasteiger partial charge in [-0.3, -0.25) is 9.78 Å². The van der Waals surface area contributed by atoms with Crippen LogP contribution in [0.25, 0.3) is 22.5 Å². The van der Waals surface area contributed by atoms with Crippen LogP contribution in [-0.2, 0) is 4.79 Å². The molecule has 0 saturated heterocycles. The number of nitrogens with one attached hydrogen (secondary N) is 2. The van der Waals surface area contributed by atoms with Gasteiger partial charge < -0.3 is 10.6 Å². The minimum atomic E-state index is -0.291. The van der Waals surface area contributed by atoms with Crippen LogP contribution in [0.1, 0.15) is 32.6 Å². The maximum absolute atomic E-state index is 13.2. The number of nitrogens with zero attached hydrogens (tertiary/aromatic N) is 3. The van der Waals surface area contributed by atoms with E-state index in [1.807, 2.05) is 12.1 Å². The molecule has 1 fully saturated rings. The Bertz CT molecular complexity index is 1070. The Hall–Kier alpha value is -3.06. The molecule has 31 heavy (non-hydrogen) atoms. The summed E-state index contributed by atoms with van der Waals surface area (Å²) in [6, 6.07) is 10.4. The van der Waals surface area contributed by atoms with Gasteiger partial charge in [0, 0.05) is 36.3 Å². The molecule has 1 aliphatic rings. The first-order valence-corrected chi connectivity index (χ1v) is 10.6. The van der Waals surface area contributed by atoms with Crippen molar-refractivity contribution in [3.05, 3.63) is 59.6 Å². The third-order valence-electron chi connectivity index (χ3n) is 5.39. The number of amides is 1. The summed E-state index contributed by atoms with van der Waals surface area (Å²) in [4.78, 5) is 24.6. The molecule has 1 aromatic carbocycles. The Morgan fingerprint density at radius 1 is 1.03 bits per heavy atom. The smallest absolute Gasteiger partial charge is 0.223 e. The first-order valence-electron chi connectivity index (χ1n) is 10.3. The summed E-state index contributed by atoms with van der Waals surface area (Å²) < 4.78 is 13.2. The summed E-state index contributed by atoms with van der Waals surface area (Å²) in [6.45, 7) is 1.55. The average molecular weight is 440 g/mol. The predicted molar refractivity (Wildman–Crippen MR) is 119 cm³/mol. The monoisotopic (exact) mass is 439 g/mol. The van der Waals surface area contributed by atoms with Gasteiger partial charge in [-0.2, -0.15) is 0 Å². The first-order chi connectivity index (χ1) is 15.0. The molecule has 1 aliphatic carbocycles. The van der Waals surface area contributed by atoms with Gasteiger partial charge in [0.05, 0.1) is 22.6 Å². The maximum Gasteiger partial charge on any atom is 0.223 e. The first kappa shape index (κ1) is 21.2. The highest BCUT2D eigenvalue weighted by Gasteiger charge is 2.22. The number of carbonyl (C=O) groups is 1. The van der Waals surface area contributed by atoms with Crippen molar-refractivity contribution in [2.75, 3.05) is 5.32 Å². The van der Waals surface area contributed by atoms with E-state index in [9.17, 15) is 9.18 Å². The molecule has 4 rings (SSSR count). The lowest BCUT2D eigenvalue weighted by molar-refractivity contribution is -0.119. The fourth-order valence-corrected chi connectivity index (χ4v) is 4.05. The van der Waals surface area contributed by atoms with Gasteiger partial charge in [0.15, 0.2) is 0 Å². The van der Waals surface area contributed by atoms with Crippen molar-refractivity contribution in [3.63, 3.8) is 0 Å². The molecule has 0 spiro atoms. The van der Waals surface area contributed by atoms with Crippen molar-refractivity contribution in [2.24, 2.45) is 0 Å². The van der Waals surface area contributed by atoms with E-state index in [-0.39, 0.29) is 23.8 Å². The van der Waals surface area contributed by atoms with Crippen molar-refractivity contribution in [2.45, 2.75) is 44.7 Å². The summed E-state index contributed by atoms with van der Waals surface area (Å²) in [7, 11) is 0. The van der Waals surface area contributed by atoms with Gasteiger partial charge >= 0.3 is 0 Å². The molecule has 8 heteroatoms. The molecule has 3 aromatic rings. The van der Waals surface area contributed by atoms with Gasteiger partial charge in [-0.1, -0.05) is 11.6 Å². The average Bonchev–Trinajstić information content (AvgIpc) is 2.77. The van der Waals surface area contributed by atoms with Gasteiger partial charge in [0.25, 0.3) is 0 Å². The second-order valence-electron chi connectivity index (χ2n) is 7.72. The van der Waals surface area contributed by atoms with Crippen molar-refractivity contribution in [1.82, 2.24) is 20.3 Å². The molecule has 1 saturated carbocycles. The fourth-order valence-electron chi connectivity index (χ4n) is 3.85. The Morgan fingerprint density at radius 3 is 2.45 bits per heavy atom. The van der Waals surface area contributed by atoms with E-state index in [0.29, 0.717) is 22.4 Å². The second kappa shape index (κ2) is 9.39. The Morgan fingerprint density at radius 2 is 1.74 bits per heavy atom. The van der Waals surface area contributed by atoms with E-state index >= 15 is 0 Å². The van der Waals surface area contributed by atoms with E-state index in [0.717, 1.165) is 36.8 Å². The normalized spacial score (nSPS) is 18.4. The summed E-state index contributed by atoms with van der Waals surface area (Å²) in [6.07, 6.45) is 6.97. The van der Waals surface area contributed by atoms with Crippen LogP contribution in [0.2, 0.25) is 5.02 Å². The fraction of sp³-hybridized carbons (Fsp3) is 0.304. The zero-order valence-corrected chi connectivity index (χ0v) is 17.9. The third-order valence-corrected chi connectivity index (χ3v) is 5.66. The number of hydrogen-bond donors (Lipinski definition) is 2. The van der Waals surface area contributed by atoms with Crippen LogP contribution < -0.4 is 10.6 Å². The number of anilines is 1. The zero-order chi connectivity index (χ0) is 21.8. The number of pyridine rings is 1. The summed E-state index contributed by atoms with van der Waals surface area (Å²) in [5.41, 5.74) is 2.93. The van der Waals surface area contributed by atoms with Gasteiger partial charge in [-0.25, -0.2) is 14.4 Å². The van der Waals surface area contributed by atoms with Gasteiger partial charge in [-0.15, -0.1) is 0 Å². The number of benzene rings is 1. The number of halogens is 2. The summed E-state index contributed by atoms with van der Waals surface area (Å²) in [5.74, 6) is 0.238. The number of aromatic nitrogens is 3. The Labute approximate surface area is 185 Å². The van der Waals surface area contributed by atoms with E-state index < -0.39 is 0 Å². The minimum absolute atomic E-state index is 0.0134. The highest BCUT2D eigenvalue weighted by atomic mass is 35.5. The molecule has 160 valence electrons. The lowest BCUT2D eigenvalue weighted by Crippen LogP contribution is -2.39. The van der Waals surface area contributed by atoms with Crippen molar-refractivity contribution >= 4 is 23.5 Å². The molecular weight excluding hydrogens is 417 g/mol. The second-order valence-corrected chi connectivity index (χ2v) is 8.13. The van der Waals surface area contributed by atoms with E-state index in [1.165, 1.54) is 12.1 Å². The molecule has 0 bridgehead atoms. The van der Waals surface area contributed by atoms with Crippen molar-refractivity contribution < 1.29 is 9.18 Å². The van der Waals surface area contributed by atoms with E-state index in [2.05, 4.69) is 25.6 Å². The van der Waals surface area contributed by atoms with Crippen LogP contribution in [0.15, 0.2) is 48.8 Å². The predicted octanol–water partition coefficient (Wildman–Crippen LogP) is 4.86.